The lowest BCUT2D eigenvalue weighted by Crippen LogP contribution is -2.28. The number of carbonyl (C=O) groups is 1. The number of anilines is 2. The third-order valence-corrected chi connectivity index (χ3v) is 1.83. The molecule has 0 aliphatic rings. The number of carboxylic acid groups (broad SMARTS) is 1. The molecular formula is C11H16N2O2. The molecule has 0 unspecified atom stereocenters. The Morgan fingerprint density at radius 1 is 1.40 bits per heavy atom. The number of hydrogen-bond donors (Lipinski definition) is 3. The number of para-hydroxylation sites is 1. The zero-order valence-corrected chi connectivity index (χ0v) is 9.16. The molecule has 1 aromatic carbocycles. The Morgan fingerprint density at radius 3 is 2.47 bits per heavy atom. The molecule has 0 fully saturated rings. The molecule has 15 heavy (non-hydrogen) atoms. The van der Waals surface area contributed by atoms with Crippen LogP contribution in [-0.2, 0) is 0 Å². The Balaban J connectivity index is 3.19. The van der Waals surface area contributed by atoms with Crippen LogP contribution in [0.4, 0.5) is 11.4 Å². The van der Waals surface area contributed by atoms with Gasteiger partial charge in [-0.25, -0.2) is 4.79 Å². The third kappa shape index (κ3) is 2.87. The van der Waals surface area contributed by atoms with Crippen LogP contribution in [0, 0.1) is 0 Å². The van der Waals surface area contributed by atoms with Gasteiger partial charge in [0.1, 0.15) is 0 Å². The maximum absolute atomic E-state index is 11.0. The zero-order valence-electron chi connectivity index (χ0n) is 9.16. The summed E-state index contributed by atoms with van der Waals surface area (Å²) in [6.45, 7) is 5.85. The monoisotopic (exact) mass is 208 g/mol. The molecule has 0 amide bonds. The molecule has 1 aromatic rings. The van der Waals surface area contributed by atoms with Crippen molar-refractivity contribution in [3.05, 3.63) is 23.8 Å². The fraction of sp³-hybridized carbons (Fsp3) is 0.364. The fourth-order valence-corrected chi connectivity index (χ4v) is 1.26. The number of hydrogen-bond acceptors (Lipinski definition) is 3. The van der Waals surface area contributed by atoms with Crippen molar-refractivity contribution in [1.29, 1.82) is 0 Å². The number of nitrogens with one attached hydrogen (secondary N) is 1. The minimum Gasteiger partial charge on any atom is -0.478 e. The van der Waals surface area contributed by atoms with E-state index < -0.39 is 5.97 Å². The number of nitrogens with two attached hydrogens (primary N) is 1. The van der Waals surface area contributed by atoms with E-state index in [9.17, 15) is 4.79 Å². The first kappa shape index (κ1) is 11.4. The maximum Gasteiger partial charge on any atom is 0.337 e. The van der Waals surface area contributed by atoms with Gasteiger partial charge in [0.2, 0.25) is 0 Å². The summed E-state index contributed by atoms with van der Waals surface area (Å²) in [5.41, 5.74) is 6.65. The van der Waals surface area contributed by atoms with Gasteiger partial charge in [-0.2, -0.15) is 0 Å². The first-order valence-corrected chi connectivity index (χ1v) is 4.71. The second-order valence-electron chi connectivity index (χ2n) is 4.45. The molecule has 0 saturated carbocycles. The van der Waals surface area contributed by atoms with Crippen LogP contribution in [0.5, 0.6) is 0 Å². The highest BCUT2D eigenvalue weighted by molar-refractivity contribution is 5.97. The SMILES string of the molecule is CC(C)(C)Nc1c(N)cccc1C(=O)O. The van der Waals surface area contributed by atoms with E-state index in [1.807, 2.05) is 20.8 Å². The summed E-state index contributed by atoms with van der Waals surface area (Å²) >= 11 is 0. The lowest BCUT2D eigenvalue weighted by atomic mass is 10.1. The van der Waals surface area contributed by atoms with Crippen LogP contribution in [0.1, 0.15) is 31.1 Å². The number of nitrogen functional groups attached to an aromatic ring is 1. The Bertz CT molecular complexity index is 381. The number of aromatic carboxylic acids is 1. The van der Waals surface area contributed by atoms with Gasteiger partial charge in [0, 0.05) is 5.54 Å². The van der Waals surface area contributed by atoms with Crippen LogP contribution in [-0.4, -0.2) is 16.6 Å². The second-order valence-corrected chi connectivity index (χ2v) is 4.45. The van der Waals surface area contributed by atoms with E-state index in [1.54, 1.807) is 12.1 Å². The largest absolute Gasteiger partial charge is 0.478 e. The topological polar surface area (TPSA) is 75.3 Å². The number of carboxylic acids is 1. The summed E-state index contributed by atoms with van der Waals surface area (Å²) in [6.07, 6.45) is 0. The molecule has 0 aromatic heterocycles. The predicted octanol–water partition coefficient (Wildman–Crippen LogP) is 2.18. The minimum atomic E-state index is -0.978. The lowest BCUT2D eigenvalue weighted by Gasteiger charge is -2.24. The average molecular weight is 208 g/mol. The molecular weight excluding hydrogens is 192 g/mol. The van der Waals surface area contributed by atoms with E-state index in [2.05, 4.69) is 5.32 Å². The molecule has 0 saturated heterocycles. The van der Waals surface area contributed by atoms with Gasteiger partial charge in [-0.15, -0.1) is 0 Å². The zero-order chi connectivity index (χ0) is 11.6. The van der Waals surface area contributed by atoms with Gasteiger partial charge in [-0.1, -0.05) is 6.07 Å². The molecule has 4 heteroatoms. The average Bonchev–Trinajstić information content (AvgIpc) is 2.05. The highest BCUT2D eigenvalue weighted by Gasteiger charge is 2.17. The standard InChI is InChI=1S/C11H16N2O2/c1-11(2,3)13-9-7(10(14)15)5-4-6-8(9)12/h4-6,13H,12H2,1-3H3,(H,14,15). The first-order chi connectivity index (χ1) is 6.81. The lowest BCUT2D eigenvalue weighted by molar-refractivity contribution is 0.0698. The van der Waals surface area contributed by atoms with Gasteiger partial charge in [0.05, 0.1) is 16.9 Å². The van der Waals surface area contributed by atoms with Crippen molar-refractivity contribution < 1.29 is 9.90 Å². The smallest absolute Gasteiger partial charge is 0.337 e. The van der Waals surface area contributed by atoms with Gasteiger partial charge in [0.25, 0.3) is 0 Å². The van der Waals surface area contributed by atoms with Gasteiger partial charge in [-0.3, -0.25) is 0 Å². The second kappa shape index (κ2) is 3.81. The van der Waals surface area contributed by atoms with E-state index >= 15 is 0 Å². The van der Waals surface area contributed by atoms with Crippen LogP contribution in [0.2, 0.25) is 0 Å². The van der Waals surface area contributed by atoms with E-state index in [1.165, 1.54) is 6.07 Å². The van der Waals surface area contributed by atoms with Gasteiger partial charge in [0.15, 0.2) is 0 Å². The summed E-state index contributed by atoms with van der Waals surface area (Å²) in [7, 11) is 0. The number of benzene rings is 1. The highest BCUT2D eigenvalue weighted by atomic mass is 16.4. The van der Waals surface area contributed by atoms with Crippen molar-refractivity contribution in [3.63, 3.8) is 0 Å². The quantitative estimate of drug-likeness (QED) is 0.651. The molecule has 0 spiro atoms. The summed E-state index contributed by atoms with van der Waals surface area (Å²) < 4.78 is 0. The van der Waals surface area contributed by atoms with Crippen molar-refractivity contribution in [2.24, 2.45) is 0 Å². The summed E-state index contributed by atoms with van der Waals surface area (Å²) in [6, 6.07) is 4.85. The Hall–Kier alpha value is -1.71. The fourth-order valence-electron chi connectivity index (χ4n) is 1.26. The van der Waals surface area contributed by atoms with Crippen LogP contribution < -0.4 is 11.1 Å². The van der Waals surface area contributed by atoms with E-state index in [-0.39, 0.29) is 11.1 Å². The molecule has 0 aliphatic carbocycles. The van der Waals surface area contributed by atoms with E-state index in [0.29, 0.717) is 11.4 Å². The first-order valence-electron chi connectivity index (χ1n) is 4.71. The summed E-state index contributed by atoms with van der Waals surface area (Å²) in [5.74, 6) is -0.978. The van der Waals surface area contributed by atoms with Gasteiger partial charge in [-0.05, 0) is 32.9 Å². The summed E-state index contributed by atoms with van der Waals surface area (Å²) in [5, 5.41) is 12.1. The van der Waals surface area contributed by atoms with Gasteiger partial charge < -0.3 is 16.2 Å². The van der Waals surface area contributed by atoms with Gasteiger partial charge >= 0.3 is 5.97 Å². The van der Waals surface area contributed by atoms with Crippen molar-refractivity contribution >= 4 is 17.3 Å². The molecule has 0 heterocycles. The van der Waals surface area contributed by atoms with Crippen molar-refractivity contribution in [2.75, 3.05) is 11.1 Å². The van der Waals surface area contributed by atoms with E-state index in [0.717, 1.165) is 0 Å². The Kier molecular flexibility index (Phi) is 2.88. The van der Waals surface area contributed by atoms with Crippen molar-refractivity contribution in [3.8, 4) is 0 Å². The molecule has 4 nitrogen and oxygen atoms in total. The predicted molar refractivity (Wildman–Crippen MR) is 61.2 cm³/mol. The summed E-state index contributed by atoms with van der Waals surface area (Å²) in [4.78, 5) is 11.0. The van der Waals surface area contributed by atoms with Crippen LogP contribution >= 0.6 is 0 Å². The molecule has 0 atom stereocenters. The van der Waals surface area contributed by atoms with Crippen molar-refractivity contribution in [1.82, 2.24) is 0 Å². The molecule has 0 aliphatic heterocycles. The molecule has 82 valence electrons. The maximum atomic E-state index is 11.0. The van der Waals surface area contributed by atoms with Crippen LogP contribution in [0.25, 0.3) is 0 Å². The van der Waals surface area contributed by atoms with Crippen LogP contribution in [0.15, 0.2) is 18.2 Å². The third-order valence-electron chi connectivity index (χ3n) is 1.83. The molecule has 4 N–H and O–H groups in total. The Morgan fingerprint density at radius 2 is 2.00 bits per heavy atom. The normalized spacial score (nSPS) is 11.1. The van der Waals surface area contributed by atoms with Crippen molar-refractivity contribution in [2.45, 2.75) is 26.3 Å². The minimum absolute atomic E-state index is 0.199. The van der Waals surface area contributed by atoms with Crippen LogP contribution in [0.3, 0.4) is 0 Å². The number of rotatable bonds is 2. The molecule has 1 rings (SSSR count). The highest BCUT2D eigenvalue weighted by Crippen LogP contribution is 2.26. The molecule has 0 bridgehead atoms. The van der Waals surface area contributed by atoms with E-state index in [4.69, 9.17) is 10.8 Å². The molecule has 0 radical (unpaired) electrons. The Labute approximate surface area is 89.1 Å².